The number of carbonyl (C=O) groups excluding carboxylic acids is 3. The lowest BCUT2D eigenvalue weighted by atomic mass is 10.1. The van der Waals surface area contributed by atoms with E-state index in [-0.39, 0.29) is 37.5 Å². The molecule has 0 heterocycles. The van der Waals surface area contributed by atoms with Gasteiger partial charge in [-0.3, -0.25) is 14.4 Å². The maximum absolute atomic E-state index is 12.7. The van der Waals surface area contributed by atoms with Crippen LogP contribution in [0.4, 0.5) is 0 Å². The molecule has 0 aliphatic rings. The Hall–Kier alpha value is -3.41. The van der Waals surface area contributed by atoms with Crippen molar-refractivity contribution in [3.05, 3.63) is 85.1 Å². The van der Waals surface area contributed by atoms with Crippen molar-refractivity contribution >= 4 is 17.9 Å². The Morgan fingerprint density at radius 1 is 0.379 bits per heavy atom. The maximum atomic E-state index is 12.7. The van der Waals surface area contributed by atoms with E-state index in [4.69, 9.17) is 14.2 Å². The highest BCUT2D eigenvalue weighted by Gasteiger charge is 2.19. The Balaban J connectivity index is 4.46. The summed E-state index contributed by atoms with van der Waals surface area (Å²) in [6.45, 7) is 6.32. The number of hydrogen-bond acceptors (Lipinski definition) is 6. The Kier molecular flexibility index (Phi) is 43.6. The lowest BCUT2D eigenvalue weighted by molar-refractivity contribution is -0.167. The summed E-state index contributed by atoms with van der Waals surface area (Å²) in [4.78, 5) is 37.8. The number of hydrogen-bond donors (Lipinski definition) is 0. The summed E-state index contributed by atoms with van der Waals surface area (Å²) in [6, 6.07) is 0. The lowest BCUT2D eigenvalue weighted by Crippen LogP contribution is -2.30. The van der Waals surface area contributed by atoms with E-state index >= 15 is 0 Å². The smallest absolute Gasteiger partial charge is 0.306 e. The average Bonchev–Trinajstić information content (AvgIpc) is 3.22. The monoisotopic (exact) mass is 807 g/mol. The molecule has 0 bridgehead atoms. The average molecular weight is 807 g/mol. The van der Waals surface area contributed by atoms with Crippen molar-refractivity contribution in [2.75, 3.05) is 13.2 Å². The predicted molar refractivity (Wildman–Crippen MR) is 247 cm³/mol. The Bertz CT molecular complexity index is 1160. The zero-order valence-electron chi connectivity index (χ0n) is 37.5. The predicted octanol–water partition coefficient (Wildman–Crippen LogP) is 15.3. The molecule has 0 fully saturated rings. The number of ether oxygens (including phenoxy) is 3. The molecule has 1 atom stereocenters. The van der Waals surface area contributed by atoms with Crippen molar-refractivity contribution in [1.29, 1.82) is 0 Å². The molecule has 0 N–H and O–H groups in total. The van der Waals surface area contributed by atoms with Crippen LogP contribution in [0.3, 0.4) is 0 Å². The molecular weight excluding hydrogens is 721 g/mol. The van der Waals surface area contributed by atoms with Crippen LogP contribution < -0.4 is 0 Å². The van der Waals surface area contributed by atoms with Gasteiger partial charge in [-0.05, 0) is 70.6 Å². The molecular formula is C52H86O6. The number of esters is 3. The van der Waals surface area contributed by atoms with Crippen molar-refractivity contribution in [3.63, 3.8) is 0 Å². The summed E-state index contributed by atoms with van der Waals surface area (Å²) in [7, 11) is 0. The number of allylic oxidation sites excluding steroid dienone is 14. The van der Waals surface area contributed by atoms with Gasteiger partial charge in [-0.1, -0.05) is 202 Å². The SMILES string of the molecule is CC\C=C/C=C\C=C/C=C\CCCCCC(=O)OC(COC(=O)CCCCCCCC/C=C\C/C=C\C/C=C\CC)COC(=O)CCCCCCCCCCCCC. The van der Waals surface area contributed by atoms with Crippen LogP contribution in [0, 0.1) is 0 Å². The fourth-order valence-electron chi connectivity index (χ4n) is 6.23. The molecule has 0 aromatic heterocycles. The topological polar surface area (TPSA) is 78.9 Å². The van der Waals surface area contributed by atoms with E-state index in [0.717, 1.165) is 89.9 Å². The third-order valence-corrected chi connectivity index (χ3v) is 9.74. The van der Waals surface area contributed by atoms with Crippen LogP contribution in [0.25, 0.3) is 0 Å². The zero-order valence-corrected chi connectivity index (χ0v) is 37.5. The highest BCUT2D eigenvalue weighted by Crippen LogP contribution is 2.14. The molecule has 0 spiro atoms. The molecule has 0 aliphatic carbocycles. The minimum absolute atomic E-state index is 0.0964. The summed E-state index contributed by atoms with van der Waals surface area (Å²) < 4.78 is 16.7. The molecule has 0 aromatic carbocycles. The van der Waals surface area contributed by atoms with Gasteiger partial charge in [0.1, 0.15) is 13.2 Å². The van der Waals surface area contributed by atoms with Crippen LogP contribution in [0.5, 0.6) is 0 Å². The van der Waals surface area contributed by atoms with Crippen LogP contribution in [-0.2, 0) is 28.6 Å². The Labute approximate surface area is 356 Å². The molecule has 6 heteroatoms. The second-order valence-electron chi connectivity index (χ2n) is 15.4. The minimum atomic E-state index is -0.799. The molecule has 0 saturated heterocycles. The molecule has 0 amide bonds. The standard InChI is InChI=1S/C52H86O6/c1-4-7-10-13-16-19-22-24-25-26-28-30-33-36-39-42-45-51(54)57-48-49(47-56-50(53)44-41-38-35-32-29-21-18-15-12-9-6-3)58-52(55)46-43-40-37-34-31-27-23-20-17-14-11-8-5-2/h7-8,10-11,14,16-17,19-20,23-25,27,31,49H,4-6,9,12-13,15,18,21-22,26,28-30,32-48H2,1-3H3/b10-7-,11-8-,17-14-,19-16-,23-20-,25-24-,31-27-. The fraction of sp³-hybridized carbons (Fsp3) is 0.673. The van der Waals surface area contributed by atoms with Crippen molar-refractivity contribution in [2.45, 2.75) is 213 Å². The van der Waals surface area contributed by atoms with Gasteiger partial charge in [0.05, 0.1) is 0 Å². The zero-order chi connectivity index (χ0) is 42.3. The molecule has 0 saturated carbocycles. The van der Waals surface area contributed by atoms with Gasteiger partial charge in [0.2, 0.25) is 0 Å². The van der Waals surface area contributed by atoms with E-state index in [1.165, 1.54) is 70.6 Å². The van der Waals surface area contributed by atoms with E-state index in [2.05, 4.69) is 69.4 Å². The van der Waals surface area contributed by atoms with E-state index in [1.807, 2.05) is 36.5 Å². The van der Waals surface area contributed by atoms with E-state index in [0.29, 0.717) is 19.3 Å². The lowest BCUT2D eigenvalue weighted by Gasteiger charge is -2.18. The molecule has 6 nitrogen and oxygen atoms in total. The summed E-state index contributed by atoms with van der Waals surface area (Å²) in [5, 5.41) is 0. The second kappa shape index (κ2) is 46.3. The third-order valence-electron chi connectivity index (χ3n) is 9.74. The van der Waals surface area contributed by atoms with E-state index < -0.39 is 6.10 Å². The summed E-state index contributed by atoms with van der Waals surface area (Å²) in [6.07, 6.45) is 58.5. The van der Waals surface area contributed by atoms with Crippen LogP contribution in [0.2, 0.25) is 0 Å². The van der Waals surface area contributed by atoms with Gasteiger partial charge in [-0.15, -0.1) is 0 Å². The highest BCUT2D eigenvalue weighted by molar-refractivity contribution is 5.71. The van der Waals surface area contributed by atoms with Gasteiger partial charge in [0, 0.05) is 19.3 Å². The molecule has 0 rings (SSSR count). The van der Waals surface area contributed by atoms with Gasteiger partial charge in [0.25, 0.3) is 0 Å². The quantitative estimate of drug-likeness (QED) is 0.0201. The largest absolute Gasteiger partial charge is 0.462 e. The molecule has 0 aromatic rings. The number of unbranched alkanes of at least 4 members (excludes halogenated alkanes) is 19. The summed E-state index contributed by atoms with van der Waals surface area (Å²) >= 11 is 0. The van der Waals surface area contributed by atoms with Gasteiger partial charge in [0.15, 0.2) is 6.10 Å². The van der Waals surface area contributed by atoms with Crippen molar-refractivity contribution in [1.82, 2.24) is 0 Å². The molecule has 0 aliphatic heterocycles. The van der Waals surface area contributed by atoms with Gasteiger partial charge >= 0.3 is 17.9 Å². The first-order chi connectivity index (χ1) is 28.5. The highest BCUT2D eigenvalue weighted by atomic mass is 16.6. The first-order valence-corrected chi connectivity index (χ1v) is 23.6. The molecule has 58 heavy (non-hydrogen) atoms. The third kappa shape index (κ3) is 43.7. The Morgan fingerprint density at radius 2 is 0.759 bits per heavy atom. The second-order valence-corrected chi connectivity index (χ2v) is 15.4. The van der Waals surface area contributed by atoms with Crippen LogP contribution >= 0.6 is 0 Å². The van der Waals surface area contributed by atoms with Crippen LogP contribution in [0.1, 0.15) is 207 Å². The fourth-order valence-corrected chi connectivity index (χ4v) is 6.23. The minimum Gasteiger partial charge on any atom is -0.462 e. The van der Waals surface area contributed by atoms with Crippen molar-refractivity contribution in [3.8, 4) is 0 Å². The Morgan fingerprint density at radius 3 is 1.28 bits per heavy atom. The number of rotatable bonds is 41. The van der Waals surface area contributed by atoms with Crippen LogP contribution in [0.15, 0.2) is 85.1 Å². The first-order valence-electron chi connectivity index (χ1n) is 23.6. The van der Waals surface area contributed by atoms with E-state index in [9.17, 15) is 14.4 Å². The summed E-state index contributed by atoms with van der Waals surface area (Å²) in [5.41, 5.74) is 0. The van der Waals surface area contributed by atoms with Crippen LogP contribution in [-0.4, -0.2) is 37.2 Å². The number of carbonyl (C=O) groups is 3. The van der Waals surface area contributed by atoms with Crippen molar-refractivity contribution < 1.29 is 28.6 Å². The molecule has 330 valence electrons. The van der Waals surface area contributed by atoms with Gasteiger partial charge in [-0.2, -0.15) is 0 Å². The summed E-state index contributed by atoms with van der Waals surface area (Å²) in [5.74, 6) is -0.955. The molecule has 0 radical (unpaired) electrons. The van der Waals surface area contributed by atoms with Gasteiger partial charge in [-0.25, -0.2) is 0 Å². The van der Waals surface area contributed by atoms with Crippen molar-refractivity contribution in [2.24, 2.45) is 0 Å². The van der Waals surface area contributed by atoms with Gasteiger partial charge < -0.3 is 14.2 Å². The normalized spacial score (nSPS) is 12.8. The molecule has 1 unspecified atom stereocenters. The van der Waals surface area contributed by atoms with E-state index in [1.54, 1.807) is 0 Å². The first kappa shape index (κ1) is 54.6. The maximum Gasteiger partial charge on any atom is 0.306 e.